The average Bonchev–Trinajstić information content (AvgIpc) is 2.69. The molecule has 0 heterocycles. The van der Waals surface area contributed by atoms with Gasteiger partial charge in [0.1, 0.15) is 12.4 Å². The van der Waals surface area contributed by atoms with Crippen LogP contribution in [0.5, 0.6) is 5.75 Å². The number of hydrogen-bond donors (Lipinski definition) is 2. The van der Waals surface area contributed by atoms with Gasteiger partial charge in [-0.05, 0) is 66.3 Å². The minimum Gasteiger partial charge on any atom is -0.489 e. The van der Waals surface area contributed by atoms with Crippen LogP contribution in [-0.2, 0) is 6.61 Å². The molecule has 3 aromatic carbocycles. The van der Waals surface area contributed by atoms with Crippen LogP contribution in [0.2, 0.25) is 5.02 Å². The van der Waals surface area contributed by atoms with Crippen LogP contribution in [0.1, 0.15) is 15.9 Å². The van der Waals surface area contributed by atoms with Gasteiger partial charge in [-0.1, -0.05) is 41.9 Å². The predicted molar refractivity (Wildman–Crippen MR) is 112 cm³/mol. The van der Waals surface area contributed by atoms with Crippen LogP contribution in [0.4, 0.5) is 5.69 Å². The summed E-state index contributed by atoms with van der Waals surface area (Å²) < 4.78 is 5.72. The largest absolute Gasteiger partial charge is 0.489 e. The first-order chi connectivity index (χ1) is 13.1. The molecule has 27 heavy (non-hydrogen) atoms. The van der Waals surface area contributed by atoms with Gasteiger partial charge < -0.3 is 10.1 Å². The molecule has 0 aliphatic rings. The Labute approximate surface area is 168 Å². The molecule has 3 aromatic rings. The van der Waals surface area contributed by atoms with Gasteiger partial charge in [0, 0.05) is 16.3 Å². The molecule has 0 spiro atoms. The van der Waals surface area contributed by atoms with E-state index in [1.165, 1.54) is 0 Å². The summed E-state index contributed by atoms with van der Waals surface area (Å²) in [6.45, 7) is 0.474. The van der Waals surface area contributed by atoms with E-state index >= 15 is 0 Å². The molecule has 0 saturated carbocycles. The lowest BCUT2D eigenvalue weighted by Crippen LogP contribution is -2.34. The second-order valence-corrected chi connectivity index (χ2v) is 6.56. The van der Waals surface area contributed by atoms with Crippen LogP contribution in [0.15, 0.2) is 78.9 Å². The number of hydrogen-bond acceptors (Lipinski definition) is 3. The van der Waals surface area contributed by atoms with Crippen molar-refractivity contribution in [2.24, 2.45) is 0 Å². The van der Waals surface area contributed by atoms with Crippen molar-refractivity contribution in [3.05, 3.63) is 95.0 Å². The van der Waals surface area contributed by atoms with Gasteiger partial charge in [-0.25, -0.2) is 0 Å². The molecule has 6 heteroatoms. The molecule has 0 saturated heterocycles. The number of benzene rings is 3. The predicted octanol–water partition coefficient (Wildman–Crippen LogP) is 5.05. The van der Waals surface area contributed by atoms with E-state index in [0.29, 0.717) is 22.9 Å². The quantitative estimate of drug-likeness (QED) is 0.593. The maximum Gasteiger partial charge on any atom is 0.257 e. The Morgan fingerprint density at radius 2 is 1.59 bits per heavy atom. The Morgan fingerprint density at radius 3 is 2.26 bits per heavy atom. The molecule has 1 amide bonds. The number of ether oxygens (including phenoxy) is 1. The zero-order chi connectivity index (χ0) is 19.1. The molecule has 2 N–H and O–H groups in total. The van der Waals surface area contributed by atoms with Crippen molar-refractivity contribution >= 4 is 40.5 Å². The first-order valence-electron chi connectivity index (χ1n) is 8.25. The smallest absolute Gasteiger partial charge is 0.257 e. The summed E-state index contributed by atoms with van der Waals surface area (Å²) in [5.41, 5.74) is 2.31. The first-order valence-corrected chi connectivity index (χ1v) is 9.03. The number of nitrogens with one attached hydrogen (secondary N) is 2. The molecular weight excluding hydrogens is 380 g/mol. The summed E-state index contributed by atoms with van der Waals surface area (Å²) in [6.07, 6.45) is 0. The Bertz CT molecular complexity index is 913. The summed E-state index contributed by atoms with van der Waals surface area (Å²) in [7, 11) is 0. The molecule has 0 aliphatic heterocycles. The minimum absolute atomic E-state index is 0.215. The first kappa shape index (κ1) is 18.9. The fourth-order valence-electron chi connectivity index (χ4n) is 2.31. The van der Waals surface area contributed by atoms with Crippen LogP contribution in [0.3, 0.4) is 0 Å². The van der Waals surface area contributed by atoms with Gasteiger partial charge in [-0.3, -0.25) is 10.1 Å². The molecule has 0 radical (unpaired) electrons. The number of amides is 1. The highest BCUT2D eigenvalue weighted by Gasteiger charge is 2.08. The van der Waals surface area contributed by atoms with Crippen molar-refractivity contribution in [2.45, 2.75) is 6.61 Å². The van der Waals surface area contributed by atoms with Crippen molar-refractivity contribution in [3.8, 4) is 5.75 Å². The van der Waals surface area contributed by atoms with Gasteiger partial charge in [-0.2, -0.15) is 0 Å². The van der Waals surface area contributed by atoms with E-state index in [0.717, 1.165) is 11.3 Å². The molecule has 0 bridgehead atoms. The van der Waals surface area contributed by atoms with Crippen molar-refractivity contribution in [1.82, 2.24) is 5.32 Å². The Hall–Kier alpha value is -2.89. The SMILES string of the molecule is O=C(NC(=S)Nc1ccc(Cl)cc1)c1ccc(OCc2ccccc2)cc1. The fourth-order valence-corrected chi connectivity index (χ4v) is 2.65. The third kappa shape index (κ3) is 5.81. The molecular formula is C21H17ClN2O2S. The topological polar surface area (TPSA) is 50.4 Å². The van der Waals surface area contributed by atoms with Gasteiger partial charge in [0.2, 0.25) is 0 Å². The van der Waals surface area contributed by atoms with E-state index in [4.69, 9.17) is 28.6 Å². The number of carbonyl (C=O) groups is 1. The number of halogens is 1. The third-order valence-electron chi connectivity index (χ3n) is 3.69. The molecule has 0 unspecified atom stereocenters. The van der Waals surface area contributed by atoms with Crippen LogP contribution in [0, 0.1) is 0 Å². The highest BCUT2D eigenvalue weighted by atomic mass is 35.5. The highest BCUT2D eigenvalue weighted by molar-refractivity contribution is 7.80. The van der Waals surface area contributed by atoms with Gasteiger partial charge >= 0.3 is 0 Å². The van der Waals surface area contributed by atoms with Crippen LogP contribution < -0.4 is 15.4 Å². The second-order valence-electron chi connectivity index (χ2n) is 5.71. The Kier molecular flexibility index (Phi) is 6.41. The zero-order valence-electron chi connectivity index (χ0n) is 14.3. The molecule has 3 rings (SSSR count). The average molecular weight is 397 g/mol. The lowest BCUT2D eigenvalue weighted by molar-refractivity contribution is 0.0977. The van der Waals surface area contributed by atoms with Crippen molar-refractivity contribution in [3.63, 3.8) is 0 Å². The third-order valence-corrected chi connectivity index (χ3v) is 4.15. The van der Waals surface area contributed by atoms with E-state index < -0.39 is 0 Å². The lowest BCUT2D eigenvalue weighted by Gasteiger charge is -2.10. The summed E-state index contributed by atoms with van der Waals surface area (Å²) in [5.74, 6) is 0.397. The molecule has 4 nitrogen and oxygen atoms in total. The summed E-state index contributed by atoms with van der Waals surface area (Å²) in [6, 6.07) is 23.8. The van der Waals surface area contributed by atoms with Crippen LogP contribution in [-0.4, -0.2) is 11.0 Å². The summed E-state index contributed by atoms with van der Waals surface area (Å²) >= 11 is 11.0. The number of anilines is 1. The summed E-state index contributed by atoms with van der Waals surface area (Å²) in [5, 5.41) is 6.42. The highest BCUT2D eigenvalue weighted by Crippen LogP contribution is 2.15. The van der Waals surface area contributed by atoms with Crippen LogP contribution >= 0.6 is 23.8 Å². The van der Waals surface area contributed by atoms with Crippen molar-refractivity contribution < 1.29 is 9.53 Å². The van der Waals surface area contributed by atoms with Crippen molar-refractivity contribution in [2.75, 3.05) is 5.32 Å². The van der Waals surface area contributed by atoms with Gasteiger partial charge in [0.15, 0.2) is 5.11 Å². The van der Waals surface area contributed by atoms with Gasteiger partial charge in [0.25, 0.3) is 5.91 Å². The molecule has 0 aliphatic carbocycles. The van der Waals surface area contributed by atoms with E-state index in [9.17, 15) is 4.79 Å². The molecule has 0 aromatic heterocycles. The summed E-state index contributed by atoms with van der Waals surface area (Å²) in [4.78, 5) is 12.3. The van der Waals surface area contributed by atoms with E-state index in [1.807, 2.05) is 30.3 Å². The number of thiocarbonyl (C=S) groups is 1. The number of rotatable bonds is 5. The van der Waals surface area contributed by atoms with Crippen molar-refractivity contribution in [1.29, 1.82) is 0 Å². The van der Waals surface area contributed by atoms with E-state index in [2.05, 4.69) is 10.6 Å². The van der Waals surface area contributed by atoms with Gasteiger partial charge in [-0.15, -0.1) is 0 Å². The fraction of sp³-hybridized carbons (Fsp3) is 0.0476. The standard InChI is InChI=1S/C21H17ClN2O2S/c22-17-8-10-18(11-9-17)23-21(27)24-20(25)16-6-12-19(13-7-16)26-14-15-4-2-1-3-5-15/h1-13H,14H2,(H2,23,24,25,27). The second kappa shape index (κ2) is 9.16. The molecule has 0 fully saturated rings. The monoisotopic (exact) mass is 396 g/mol. The molecule has 0 atom stereocenters. The Balaban J connectivity index is 1.52. The maximum absolute atomic E-state index is 12.3. The zero-order valence-corrected chi connectivity index (χ0v) is 15.9. The number of carbonyl (C=O) groups excluding carboxylic acids is 1. The minimum atomic E-state index is -0.295. The normalized spacial score (nSPS) is 10.1. The van der Waals surface area contributed by atoms with Gasteiger partial charge in [0.05, 0.1) is 0 Å². The van der Waals surface area contributed by atoms with E-state index in [1.54, 1.807) is 48.5 Å². The molecule has 136 valence electrons. The lowest BCUT2D eigenvalue weighted by atomic mass is 10.2. The van der Waals surface area contributed by atoms with E-state index in [-0.39, 0.29) is 11.0 Å². The maximum atomic E-state index is 12.3. The Morgan fingerprint density at radius 1 is 0.926 bits per heavy atom. The van der Waals surface area contributed by atoms with Crippen LogP contribution in [0.25, 0.3) is 0 Å².